The molecule has 158 valence electrons. The molecule has 0 spiro atoms. The van der Waals surface area contributed by atoms with E-state index in [4.69, 9.17) is 0 Å². The summed E-state index contributed by atoms with van der Waals surface area (Å²) in [4.78, 5) is 16.5. The van der Waals surface area contributed by atoms with Crippen molar-refractivity contribution < 1.29 is 13.2 Å². The predicted molar refractivity (Wildman–Crippen MR) is 116 cm³/mol. The molecule has 0 radical (unpaired) electrons. The summed E-state index contributed by atoms with van der Waals surface area (Å²) in [6.07, 6.45) is 2.84. The van der Waals surface area contributed by atoms with Crippen LogP contribution in [0, 0.1) is 27.7 Å². The van der Waals surface area contributed by atoms with Crippen molar-refractivity contribution in [3.63, 3.8) is 0 Å². The molecule has 1 unspecified atom stereocenters. The maximum Gasteiger partial charge on any atom is 0.262 e. The van der Waals surface area contributed by atoms with Crippen LogP contribution in [0.2, 0.25) is 0 Å². The first kappa shape index (κ1) is 21.5. The SMILES string of the molecule is Cc1cc(C)c(C)c(S(=O)(=O)Nc2ccc(NC(=O)C(C)n3cncn3)cc2)c1C. The van der Waals surface area contributed by atoms with Gasteiger partial charge in [-0.15, -0.1) is 0 Å². The van der Waals surface area contributed by atoms with E-state index in [9.17, 15) is 13.2 Å². The van der Waals surface area contributed by atoms with E-state index in [0.717, 1.165) is 22.3 Å². The minimum atomic E-state index is -3.75. The second kappa shape index (κ2) is 8.27. The molecule has 1 heterocycles. The summed E-state index contributed by atoms with van der Waals surface area (Å²) in [5.41, 5.74) is 4.29. The molecular formula is C21H25N5O3S. The van der Waals surface area contributed by atoms with Gasteiger partial charge in [-0.05, 0) is 81.1 Å². The summed E-state index contributed by atoms with van der Waals surface area (Å²) >= 11 is 0. The van der Waals surface area contributed by atoms with E-state index >= 15 is 0 Å². The van der Waals surface area contributed by atoms with Crippen LogP contribution in [0.3, 0.4) is 0 Å². The molecule has 0 fully saturated rings. The first-order valence-electron chi connectivity index (χ1n) is 9.45. The number of sulfonamides is 1. The van der Waals surface area contributed by atoms with Gasteiger partial charge >= 0.3 is 0 Å². The zero-order valence-electron chi connectivity index (χ0n) is 17.6. The van der Waals surface area contributed by atoms with Gasteiger partial charge < -0.3 is 5.32 Å². The molecular weight excluding hydrogens is 402 g/mol. The summed E-state index contributed by atoms with van der Waals surface area (Å²) in [6, 6.07) is 7.97. The van der Waals surface area contributed by atoms with E-state index in [2.05, 4.69) is 20.1 Å². The molecule has 2 aromatic carbocycles. The normalized spacial score (nSPS) is 12.4. The molecule has 8 nitrogen and oxygen atoms in total. The number of benzene rings is 2. The van der Waals surface area contributed by atoms with Gasteiger partial charge in [0.15, 0.2) is 0 Å². The Balaban J connectivity index is 1.77. The topological polar surface area (TPSA) is 106 Å². The van der Waals surface area contributed by atoms with E-state index in [1.54, 1.807) is 31.2 Å². The summed E-state index contributed by atoms with van der Waals surface area (Å²) < 4.78 is 30.2. The number of rotatable bonds is 6. The van der Waals surface area contributed by atoms with Crippen molar-refractivity contribution in [3.8, 4) is 0 Å². The van der Waals surface area contributed by atoms with Gasteiger partial charge in [0.05, 0.1) is 4.90 Å². The minimum absolute atomic E-state index is 0.254. The van der Waals surface area contributed by atoms with Gasteiger partial charge in [-0.1, -0.05) is 6.07 Å². The van der Waals surface area contributed by atoms with Crippen LogP contribution in [-0.2, 0) is 14.8 Å². The number of carbonyl (C=O) groups excluding carboxylic acids is 1. The lowest BCUT2D eigenvalue weighted by molar-refractivity contribution is -0.119. The summed E-state index contributed by atoms with van der Waals surface area (Å²) in [6.45, 7) is 9.13. The van der Waals surface area contributed by atoms with Gasteiger partial charge in [0.25, 0.3) is 10.0 Å². The first-order chi connectivity index (χ1) is 14.1. The van der Waals surface area contributed by atoms with Crippen LogP contribution in [-0.4, -0.2) is 29.1 Å². The number of anilines is 2. The number of nitrogens with one attached hydrogen (secondary N) is 2. The number of hydrogen-bond acceptors (Lipinski definition) is 5. The molecule has 3 rings (SSSR count). The number of carbonyl (C=O) groups is 1. The quantitative estimate of drug-likeness (QED) is 0.626. The molecule has 1 atom stereocenters. The van der Waals surface area contributed by atoms with Crippen molar-refractivity contribution in [2.45, 2.75) is 45.6 Å². The van der Waals surface area contributed by atoms with Crippen molar-refractivity contribution >= 4 is 27.3 Å². The lowest BCUT2D eigenvalue weighted by Gasteiger charge is -2.17. The Kier molecular flexibility index (Phi) is 5.93. The Morgan fingerprint density at radius 3 is 2.10 bits per heavy atom. The average Bonchev–Trinajstić information content (AvgIpc) is 3.22. The van der Waals surface area contributed by atoms with Crippen LogP contribution in [0.1, 0.15) is 35.2 Å². The monoisotopic (exact) mass is 427 g/mol. The van der Waals surface area contributed by atoms with Crippen molar-refractivity contribution in [2.75, 3.05) is 10.0 Å². The Morgan fingerprint density at radius 2 is 1.57 bits per heavy atom. The highest BCUT2D eigenvalue weighted by atomic mass is 32.2. The van der Waals surface area contributed by atoms with Gasteiger partial charge in [0.2, 0.25) is 5.91 Å². The molecule has 0 saturated carbocycles. The van der Waals surface area contributed by atoms with E-state index in [-0.39, 0.29) is 5.91 Å². The maximum absolute atomic E-state index is 13.0. The van der Waals surface area contributed by atoms with Crippen molar-refractivity contribution in [2.24, 2.45) is 0 Å². The second-order valence-electron chi connectivity index (χ2n) is 7.31. The highest BCUT2D eigenvalue weighted by molar-refractivity contribution is 7.92. The third-order valence-corrected chi connectivity index (χ3v) is 6.84. The third kappa shape index (κ3) is 4.35. The number of nitrogens with zero attached hydrogens (tertiary/aromatic N) is 3. The number of aromatic nitrogens is 3. The van der Waals surface area contributed by atoms with E-state index in [0.29, 0.717) is 16.3 Å². The molecule has 0 saturated heterocycles. The Morgan fingerprint density at radius 1 is 1.00 bits per heavy atom. The fourth-order valence-electron chi connectivity index (χ4n) is 3.20. The van der Waals surface area contributed by atoms with E-state index < -0.39 is 16.1 Å². The number of aryl methyl sites for hydroxylation is 2. The molecule has 0 bridgehead atoms. The molecule has 0 aliphatic carbocycles. The van der Waals surface area contributed by atoms with Gasteiger partial charge in [-0.3, -0.25) is 9.52 Å². The molecule has 0 aliphatic rings. The van der Waals surface area contributed by atoms with Crippen LogP contribution in [0.25, 0.3) is 0 Å². The zero-order valence-corrected chi connectivity index (χ0v) is 18.4. The number of hydrogen-bond donors (Lipinski definition) is 2. The smallest absolute Gasteiger partial charge is 0.262 e. The Labute approximate surface area is 176 Å². The first-order valence-corrected chi connectivity index (χ1v) is 10.9. The predicted octanol–water partition coefficient (Wildman–Crippen LogP) is 3.51. The number of amides is 1. The van der Waals surface area contributed by atoms with Gasteiger partial charge in [0.1, 0.15) is 18.7 Å². The van der Waals surface area contributed by atoms with Crippen LogP contribution < -0.4 is 10.0 Å². The molecule has 30 heavy (non-hydrogen) atoms. The van der Waals surface area contributed by atoms with Crippen LogP contribution in [0.5, 0.6) is 0 Å². The fourth-order valence-corrected chi connectivity index (χ4v) is 4.87. The van der Waals surface area contributed by atoms with Crippen molar-refractivity contribution in [1.29, 1.82) is 0 Å². The van der Waals surface area contributed by atoms with Crippen LogP contribution in [0.4, 0.5) is 11.4 Å². The molecule has 0 aliphatic heterocycles. The summed E-state index contributed by atoms with van der Waals surface area (Å²) in [5.74, 6) is -0.254. The molecule has 3 aromatic rings. The largest absolute Gasteiger partial charge is 0.324 e. The summed E-state index contributed by atoms with van der Waals surface area (Å²) in [5, 5.41) is 6.74. The zero-order chi connectivity index (χ0) is 22.1. The minimum Gasteiger partial charge on any atom is -0.324 e. The lowest BCUT2D eigenvalue weighted by Crippen LogP contribution is -2.24. The van der Waals surface area contributed by atoms with Gasteiger partial charge in [0, 0.05) is 11.4 Å². The molecule has 1 aromatic heterocycles. The molecule has 9 heteroatoms. The molecule has 2 N–H and O–H groups in total. The fraction of sp³-hybridized carbons (Fsp3) is 0.286. The van der Waals surface area contributed by atoms with E-state index in [1.165, 1.54) is 17.3 Å². The highest BCUT2D eigenvalue weighted by Gasteiger charge is 2.22. The lowest BCUT2D eigenvalue weighted by atomic mass is 10.0. The maximum atomic E-state index is 13.0. The van der Waals surface area contributed by atoms with Gasteiger partial charge in [-0.2, -0.15) is 5.10 Å². The van der Waals surface area contributed by atoms with Crippen molar-refractivity contribution in [1.82, 2.24) is 14.8 Å². The summed E-state index contributed by atoms with van der Waals surface area (Å²) in [7, 11) is -3.75. The van der Waals surface area contributed by atoms with Crippen LogP contribution >= 0.6 is 0 Å². The van der Waals surface area contributed by atoms with Crippen molar-refractivity contribution in [3.05, 3.63) is 65.2 Å². The molecule has 1 amide bonds. The Hall–Kier alpha value is -3.20. The van der Waals surface area contributed by atoms with Crippen LogP contribution in [0.15, 0.2) is 47.9 Å². The third-order valence-electron chi connectivity index (χ3n) is 5.18. The van der Waals surface area contributed by atoms with E-state index in [1.807, 2.05) is 33.8 Å². The highest BCUT2D eigenvalue weighted by Crippen LogP contribution is 2.28. The van der Waals surface area contributed by atoms with Gasteiger partial charge in [-0.25, -0.2) is 18.1 Å². The Bertz CT molecular complexity index is 1140. The second-order valence-corrected chi connectivity index (χ2v) is 8.93. The average molecular weight is 428 g/mol. The standard InChI is InChI=1S/C21H25N5O3S/c1-13-10-14(2)16(4)20(15(13)3)30(28,29)25-19-8-6-18(7-9-19)24-21(27)17(5)26-12-22-11-23-26/h6-12,17,25H,1-5H3,(H,24,27).